The van der Waals surface area contributed by atoms with Crippen molar-refractivity contribution in [2.75, 3.05) is 11.4 Å². The van der Waals surface area contributed by atoms with Gasteiger partial charge >= 0.3 is 5.24 Å². The summed E-state index contributed by atoms with van der Waals surface area (Å²) in [7, 11) is -0.796. The van der Waals surface area contributed by atoms with Crippen LogP contribution in [-0.4, -0.2) is 11.8 Å². The molecule has 1 aromatic carbocycles. The third-order valence-electron chi connectivity index (χ3n) is 2.30. The Bertz CT molecular complexity index is 430. The molecule has 80 valence electrons. The number of fused-ring (bicyclic) bond motifs is 1. The molecule has 0 saturated carbocycles. The van der Waals surface area contributed by atoms with Crippen LogP contribution in [0.2, 0.25) is 0 Å². The fraction of sp³-hybridized carbons (Fsp3) is 0.300. The Morgan fingerprint density at radius 1 is 1.47 bits per heavy atom. The predicted octanol–water partition coefficient (Wildman–Crippen LogP) is 2.07. The van der Waals surface area contributed by atoms with Crippen LogP contribution >= 0.6 is 0 Å². The van der Waals surface area contributed by atoms with E-state index >= 15 is 0 Å². The third-order valence-corrected chi connectivity index (χ3v) is 3.83. The number of amides is 1. The molecule has 0 saturated heterocycles. The summed E-state index contributed by atoms with van der Waals surface area (Å²) in [6.07, 6.45) is 0.932. The standard InChI is InChI=1S/C10H13N3OS/c1-2-7-13-8-5-3-4-6-9(8)15(12-11)10(13)14/h3-6H,2,7,11H2,1H3. The van der Waals surface area contributed by atoms with Crippen molar-refractivity contribution in [2.24, 2.45) is 10.3 Å². The smallest absolute Gasteiger partial charge is 0.301 e. The van der Waals surface area contributed by atoms with Gasteiger partial charge in [0.2, 0.25) is 0 Å². The van der Waals surface area contributed by atoms with E-state index in [1.807, 2.05) is 31.2 Å². The first kappa shape index (κ1) is 10.3. The zero-order chi connectivity index (χ0) is 10.8. The molecule has 0 aromatic heterocycles. The van der Waals surface area contributed by atoms with Crippen LogP contribution in [0.25, 0.3) is 0 Å². The number of nitrogens with zero attached hydrogens (tertiary/aromatic N) is 2. The van der Waals surface area contributed by atoms with Gasteiger partial charge < -0.3 is 4.90 Å². The van der Waals surface area contributed by atoms with Crippen LogP contribution in [0.3, 0.4) is 0 Å². The molecule has 1 unspecified atom stereocenters. The van der Waals surface area contributed by atoms with E-state index < -0.39 is 10.7 Å². The second-order valence-electron chi connectivity index (χ2n) is 3.28. The van der Waals surface area contributed by atoms with Crippen LogP contribution in [-0.2, 0) is 10.7 Å². The Hall–Kier alpha value is -1.20. The van der Waals surface area contributed by atoms with Crippen LogP contribution in [0.15, 0.2) is 33.6 Å². The molecule has 1 amide bonds. The number of carbonyl (C=O) groups is 1. The van der Waals surface area contributed by atoms with Gasteiger partial charge in [-0.2, -0.15) is 4.47 Å². The van der Waals surface area contributed by atoms with Gasteiger partial charge in [0.25, 0.3) is 0 Å². The second kappa shape index (κ2) is 4.12. The maximum absolute atomic E-state index is 11.9. The summed E-state index contributed by atoms with van der Waals surface area (Å²) in [5, 5.41) is 0.0144. The minimum absolute atomic E-state index is 0.0144. The Kier molecular flexibility index (Phi) is 2.83. The number of hydrogen-bond acceptors (Lipinski definition) is 2. The Morgan fingerprint density at radius 2 is 2.20 bits per heavy atom. The van der Waals surface area contributed by atoms with Crippen molar-refractivity contribution >= 4 is 21.6 Å². The predicted molar refractivity (Wildman–Crippen MR) is 61.7 cm³/mol. The van der Waals surface area contributed by atoms with Gasteiger partial charge in [-0.3, -0.25) is 4.79 Å². The Morgan fingerprint density at radius 3 is 2.87 bits per heavy atom. The maximum atomic E-state index is 11.9. The molecule has 1 heterocycles. The summed E-state index contributed by atoms with van der Waals surface area (Å²) in [6, 6.07) is 7.70. The Balaban J connectivity index is 2.51. The molecular weight excluding hydrogens is 210 g/mol. The average molecular weight is 223 g/mol. The number of nitrogens with two attached hydrogens (primary N) is 1. The van der Waals surface area contributed by atoms with Crippen molar-refractivity contribution in [3.8, 4) is 0 Å². The van der Waals surface area contributed by atoms with E-state index in [0.29, 0.717) is 0 Å². The van der Waals surface area contributed by atoms with E-state index in [1.54, 1.807) is 4.90 Å². The largest absolute Gasteiger partial charge is 0.302 e. The minimum Gasteiger partial charge on any atom is -0.301 e. The van der Waals surface area contributed by atoms with Crippen molar-refractivity contribution < 1.29 is 4.79 Å². The Labute approximate surface area is 91.1 Å². The molecule has 0 bridgehead atoms. The zero-order valence-electron chi connectivity index (χ0n) is 8.51. The molecule has 0 aliphatic carbocycles. The second-order valence-corrected chi connectivity index (χ2v) is 4.84. The van der Waals surface area contributed by atoms with Crippen molar-refractivity contribution in [1.29, 1.82) is 0 Å². The lowest BCUT2D eigenvalue weighted by Gasteiger charge is -2.14. The number of carbonyl (C=O) groups excluding carboxylic acids is 1. The average Bonchev–Trinajstić information content (AvgIpc) is 2.53. The summed E-state index contributed by atoms with van der Waals surface area (Å²) in [5.41, 5.74) is 0.960. The molecule has 4 nitrogen and oxygen atoms in total. The first-order chi connectivity index (χ1) is 7.29. The molecule has 1 aromatic rings. The molecule has 1 aliphatic rings. The lowest BCUT2D eigenvalue weighted by Crippen LogP contribution is -2.27. The van der Waals surface area contributed by atoms with Gasteiger partial charge in [0, 0.05) is 17.2 Å². The van der Waals surface area contributed by atoms with E-state index in [1.165, 1.54) is 0 Å². The van der Waals surface area contributed by atoms with E-state index in [-0.39, 0.29) is 5.24 Å². The SMILES string of the molecule is CCCN1C(=O)S(=NN)c2ccccc21. The highest BCUT2D eigenvalue weighted by molar-refractivity contribution is 8.03. The lowest BCUT2D eigenvalue weighted by atomic mass is 10.3. The molecule has 15 heavy (non-hydrogen) atoms. The number of para-hydroxylation sites is 1. The highest BCUT2D eigenvalue weighted by Gasteiger charge is 2.31. The van der Waals surface area contributed by atoms with Crippen LogP contribution in [0.5, 0.6) is 0 Å². The highest BCUT2D eigenvalue weighted by atomic mass is 32.2. The molecule has 2 rings (SSSR count). The minimum atomic E-state index is -0.796. The number of benzene rings is 1. The fourth-order valence-corrected chi connectivity index (χ4v) is 3.05. The quantitative estimate of drug-likeness (QED) is 0.616. The van der Waals surface area contributed by atoms with Gasteiger partial charge in [0.05, 0.1) is 10.6 Å². The van der Waals surface area contributed by atoms with Gasteiger partial charge in [-0.05, 0) is 18.6 Å². The zero-order valence-corrected chi connectivity index (χ0v) is 9.33. The summed E-state index contributed by atoms with van der Waals surface area (Å²) in [6.45, 7) is 2.78. The molecule has 0 spiro atoms. The van der Waals surface area contributed by atoms with Crippen molar-refractivity contribution in [2.45, 2.75) is 18.2 Å². The van der Waals surface area contributed by atoms with Gasteiger partial charge in [0.15, 0.2) is 0 Å². The van der Waals surface area contributed by atoms with E-state index in [4.69, 9.17) is 5.84 Å². The van der Waals surface area contributed by atoms with Crippen molar-refractivity contribution in [3.05, 3.63) is 24.3 Å². The van der Waals surface area contributed by atoms with Gasteiger partial charge in [-0.1, -0.05) is 19.1 Å². The van der Waals surface area contributed by atoms with Crippen LogP contribution in [0, 0.1) is 0 Å². The maximum Gasteiger partial charge on any atom is 0.302 e. The summed E-state index contributed by atoms with van der Waals surface area (Å²) >= 11 is 0. The normalized spacial score (nSPS) is 19.7. The molecular formula is C10H13N3OS. The molecule has 1 atom stereocenters. The number of hydrogen-bond donors (Lipinski definition) is 1. The molecule has 0 radical (unpaired) electrons. The van der Waals surface area contributed by atoms with Crippen LogP contribution < -0.4 is 10.7 Å². The number of anilines is 1. The monoisotopic (exact) mass is 223 g/mol. The van der Waals surface area contributed by atoms with Gasteiger partial charge in [-0.15, -0.1) is 0 Å². The summed E-state index contributed by atoms with van der Waals surface area (Å²) in [5.74, 6) is 5.29. The summed E-state index contributed by atoms with van der Waals surface area (Å²) in [4.78, 5) is 14.7. The molecule has 1 aliphatic heterocycles. The fourth-order valence-electron chi connectivity index (χ4n) is 1.68. The van der Waals surface area contributed by atoms with Crippen LogP contribution in [0.4, 0.5) is 10.5 Å². The lowest BCUT2D eigenvalue weighted by molar-refractivity contribution is 0.265. The summed E-state index contributed by atoms with van der Waals surface area (Å²) < 4.78 is 3.68. The van der Waals surface area contributed by atoms with Crippen molar-refractivity contribution in [1.82, 2.24) is 0 Å². The van der Waals surface area contributed by atoms with E-state index in [9.17, 15) is 4.79 Å². The van der Waals surface area contributed by atoms with Gasteiger partial charge in [0.1, 0.15) is 0 Å². The first-order valence-corrected chi connectivity index (χ1v) is 6.03. The molecule has 5 heteroatoms. The molecule has 0 fully saturated rings. The van der Waals surface area contributed by atoms with Crippen molar-refractivity contribution in [3.63, 3.8) is 0 Å². The highest BCUT2D eigenvalue weighted by Crippen LogP contribution is 2.33. The van der Waals surface area contributed by atoms with Crippen LogP contribution in [0.1, 0.15) is 13.3 Å². The topological polar surface area (TPSA) is 58.7 Å². The number of rotatable bonds is 2. The van der Waals surface area contributed by atoms with E-state index in [0.717, 1.165) is 23.5 Å². The van der Waals surface area contributed by atoms with E-state index in [2.05, 4.69) is 4.47 Å². The first-order valence-electron chi connectivity index (χ1n) is 4.85. The van der Waals surface area contributed by atoms with Gasteiger partial charge in [-0.25, -0.2) is 5.84 Å². The molecule has 2 N–H and O–H groups in total. The third kappa shape index (κ3) is 1.57.